The van der Waals surface area contributed by atoms with Gasteiger partial charge in [-0.15, -0.1) is 0 Å². The van der Waals surface area contributed by atoms with Crippen molar-refractivity contribution in [1.82, 2.24) is 29.0 Å². The largest absolute Gasteiger partial charge is 0.383 e. The minimum absolute atomic E-state index is 0.0820. The lowest BCUT2D eigenvalue weighted by molar-refractivity contribution is -0.110. The number of aryl methyl sites for hydroxylation is 1. The average Bonchev–Trinajstić information content (AvgIpc) is 3.94. The van der Waals surface area contributed by atoms with Crippen molar-refractivity contribution in [2.45, 2.75) is 76.8 Å². The summed E-state index contributed by atoms with van der Waals surface area (Å²) in [5.74, 6) is 0.939. The van der Waals surface area contributed by atoms with Crippen LogP contribution in [0.25, 0.3) is 33.2 Å². The van der Waals surface area contributed by atoms with E-state index in [-0.39, 0.29) is 22.7 Å². The predicted octanol–water partition coefficient (Wildman–Crippen LogP) is 8.39. The Kier molecular flexibility index (Phi) is 7.23. The van der Waals surface area contributed by atoms with Crippen LogP contribution in [0, 0.1) is 10.8 Å². The van der Waals surface area contributed by atoms with Crippen molar-refractivity contribution in [3.05, 3.63) is 113 Å². The summed E-state index contributed by atoms with van der Waals surface area (Å²) in [7, 11) is 3.96. The predicted molar refractivity (Wildman–Crippen MR) is 214 cm³/mol. The van der Waals surface area contributed by atoms with E-state index in [2.05, 4.69) is 85.6 Å². The van der Waals surface area contributed by atoms with Gasteiger partial charge in [-0.25, -0.2) is 0 Å². The molecule has 0 N–H and O–H groups in total. The van der Waals surface area contributed by atoms with Gasteiger partial charge < -0.3 is 18.6 Å². The molecule has 2 aromatic carbocycles. The molecule has 11 rings (SSSR count). The molecule has 0 spiro atoms. The van der Waals surface area contributed by atoms with Crippen molar-refractivity contribution in [1.29, 1.82) is 0 Å². The van der Waals surface area contributed by atoms with Crippen LogP contribution in [0.4, 0.5) is 0 Å². The summed E-state index contributed by atoms with van der Waals surface area (Å²) in [6, 6.07) is 18.5. The summed E-state index contributed by atoms with van der Waals surface area (Å²) in [5, 5.41) is 6.93. The maximum Gasteiger partial charge on any atom is 0.203 e. The summed E-state index contributed by atoms with van der Waals surface area (Å²) >= 11 is 0. The van der Waals surface area contributed by atoms with Gasteiger partial charge in [0.2, 0.25) is 5.78 Å². The Morgan fingerprint density at radius 3 is 2.39 bits per heavy atom. The second-order valence-corrected chi connectivity index (χ2v) is 17.2. The van der Waals surface area contributed by atoms with E-state index in [4.69, 9.17) is 4.52 Å². The van der Waals surface area contributed by atoms with Crippen LogP contribution in [0.2, 0.25) is 0 Å². The van der Waals surface area contributed by atoms with Crippen LogP contribution in [-0.2, 0) is 24.1 Å². The number of piperidine rings is 2. The van der Waals surface area contributed by atoms with E-state index in [1.165, 1.54) is 63.7 Å². The van der Waals surface area contributed by atoms with Crippen LogP contribution in [-0.4, -0.2) is 75.0 Å². The maximum absolute atomic E-state index is 14.3. The van der Waals surface area contributed by atoms with Crippen molar-refractivity contribution < 1.29 is 9.32 Å². The SMILES string of the molecule is CC[C@@]12C=C(c3ccno3)n3c4c(c5c(CC[C@@]67C=C(C(=O)/C=C/N(C)C)n8c9c(c%10ccccc%108)CCN(CCC6)[C@H]97)cccc53)CCN(CCC1)[C@H]42. The number of carbonyl (C=O) groups is 1. The zero-order chi connectivity index (χ0) is 36.3. The first-order chi connectivity index (χ1) is 26.4. The Morgan fingerprint density at radius 2 is 1.61 bits per heavy atom. The maximum atomic E-state index is 14.3. The fourth-order valence-corrected chi connectivity index (χ4v) is 12.2. The number of nitrogens with zero attached hydrogens (tertiary/aromatic N) is 6. The lowest BCUT2D eigenvalue weighted by Gasteiger charge is -2.54. The van der Waals surface area contributed by atoms with E-state index in [1.54, 1.807) is 17.8 Å². The number of rotatable bonds is 8. The van der Waals surface area contributed by atoms with Crippen LogP contribution in [0.5, 0.6) is 0 Å². The fraction of sp³-hybridized carbons (Fsp3) is 0.435. The fourth-order valence-electron chi connectivity index (χ4n) is 12.2. The molecule has 9 heterocycles. The summed E-state index contributed by atoms with van der Waals surface area (Å²) in [6.45, 7) is 6.85. The number of benzene rings is 2. The second-order valence-electron chi connectivity index (χ2n) is 17.2. The monoisotopic (exact) mass is 718 g/mol. The Balaban J connectivity index is 1.07. The van der Waals surface area contributed by atoms with E-state index in [9.17, 15) is 4.79 Å². The second kappa shape index (κ2) is 11.9. The normalized spacial score (nSPS) is 27.2. The molecule has 276 valence electrons. The van der Waals surface area contributed by atoms with Gasteiger partial charge in [0.15, 0.2) is 5.76 Å². The number of hydrogen-bond donors (Lipinski definition) is 0. The van der Waals surface area contributed by atoms with Gasteiger partial charge >= 0.3 is 0 Å². The third-order valence-electron chi connectivity index (χ3n) is 14.4. The number of ketones is 1. The molecule has 3 aromatic heterocycles. The summed E-state index contributed by atoms with van der Waals surface area (Å²) in [5.41, 5.74) is 11.7. The Morgan fingerprint density at radius 1 is 0.870 bits per heavy atom. The molecule has 0 saturated carbocycles. The first-order valence-electron chi connectivity index (χ1n) is 20.4. The smallest absolute Gasteiger partial charge is 0.203 e. The number of fused-ring (bicyclic) bond motifs is 6. The molecule has 2 fully saturated rings. The average molecular weight is 719 g/mol. The van der Waals surface area contributed by atoms with Crippen LogP contribution in [0.3, 0.4) is 0 Å². The minimum atomic E-state index is -0.143. The lowest BCUT2D eigenvalue weighted by Crippen LogP contribution is -2.51. The zero-order valence-electron chi connectivity index (χ0n) is 31.9. The van der Waals surface area contributed by atoms with Crippen molar-refractivity contribution in [3.8, 4) is 0 Å². The zero-order valence-corrected chi connectivity index (χ0v) is 31.9. The molecule has 0 radical (unpaired) electrons. The van der Waals surface area contributed by atoms with Crippen molar-refractivity contribution >= 4 is 39.0 Å². The topological polar surface area (TPSA) is 62.7 Å². The van der Waals surface area contributed by atoms with Crippen LogP contribution >= 0.6 is 0 Å². The Hall–Kier alpha value is -4.66. The molecule has 6 aliphatic heterocycles. The van der Waals surface area contributed by atoms with Gasteiger partial charge in [-0.1, -0.05) is 42.4 Å². The highest BCUT2D eigenvalue weighted by molar-refractivity contribution is 6.23. The van der Waals surface area contributed by atoms with Crippen molar-refractivity contribution in [2.75, 3.05) is 40.3 Å². The van der Waals surface area contributed by atoms with E-state index in [1.807, 2.05) is 31.3 Å². The van der Waals surface area contributed by atoms with Crippen molar-refractivity contribution in [3.63, 3.8) is 0 Å². The molecule has 5 aromatic rings. The lowest BCUT2D eigenvalue weighted by atomic mass is 9.64. The van der Waals surface area contributed by atoms with Gasteiger partial charge in [0.05, 0.1) is 40.7 Å². The highest BCUT2D eigenvalue weighted by Gasteiger charge is 2.53. The summed E-state index contributed by atoms with van der Waals surface area (Å²) in [6.07, 6.45) is 20.3. The Labute approximate surface area is 317 Å². The molecular formula is C46H50N6O2. The van der Waals surface area contributed by atoms with Gasteiger partial charge in [-0.05, 0) is 112 Å². The molecule has 2 saturated heterocycles. The van der Waals surface area contributed by atoms with E-state index < -0.39 is 0 Å². The molecule has 4 atom stereocenters. The first-order valence-corrected chi connectivity index (χ1v) is 20.4. The quantitative estimate of drug-likeness (QED) is 0.150. The molecule has 8 heteroatoms. The van der Waals surface area contributed by atoms with Gasteiger partial charge in [0, 0.05) is 78.5 Å². The number of allylic oxidation sites excluding steroid dienone is 2. The van der Waals surface area contributed by atoms with E-state index >= 15 is 0 Å². The molecule has 54 heavy (non-hydrogen) atoms. The standard InChI is InChI=1S/C46H50N6O2/c1-4-45-19-8-23-49-27-17-33-40-30(10-7-13-35(40)52(42(33)43(45)49)37(29-45)39-15-22-47-54-39)14-21-46-20-9-24-50-26-16-32-31-11-5-6-12-34(31)51(41(32)44(46)50)36(28-46)38(53)18-25-48(2)3/h5-7,10-13,15,18,22,25,28-29,43-44H,4,8-9,14,16-17,19-21,23-24,26-27H2,1-3H3/b25-18+/t43-,44-,45+,46-/m1/s1. The minimum Gasteiger partial charge on any atom is -0.383 e. The van der Waals surface area contributed by atoms with Gasteiger partial charge in [0.1, 0.15) is 0 Å². The molecule has 8 nitrogen and oxygen atoms in total. The van der Waals surface area contributed by atoms with Crippen LogP contribution in [0.15, 0.2) is 83.7 Å². The third kappa shape index (κ3) is 4.44. The van der Waals surface area contributed by atoms with E-state index in [0.29, 0.717) is 6.04 Å². The Bertz CT molecular complexity index is 2440. The van der Waals surface area contributed by atoms with Gasteiger partial charge in [-0.2, -0.15) is 0 Å². The highest BCUT2D eigenvalue weighted by Crippen LogP contribution is 2.60. The highest BCUT2D eigenvalue weighted by atomic mass is 16.5. The number of hydrogen-bond acceptors (Lipinski definition) is 6. The third-order valence-corrected chi connectivity index (χ3v) is 14.4. The van der Waals surface area contributed by atoms with Crippen LogP contribution < -0.4 is 0 Å². The van der Waals surface area contributed by atoms with Crippen LogP contribution in [0.1, 0.15) is 91.4 Å². The first kappa shape index (κ1) is 32.7. The number of para-hydroxylation sites is 1. The number of carbonyl (C=O) groups excluding carboxylic acids is 1. The molecular weight excluding hydrogens is 669 g/mol. The molecule has 0 unspecified atom stereocenters. The number of aromatic nitrogens is 3. The molecule has 0 bridgehead atoms. The van der Waals surface area contributed by atoms with Crippen molar-refractivity contribution in [2.24, 2.45) is 10.8 Å². The molecule has 0 aliphatic carbocycles. The van der Waals surface area contributed by atoms with E-state index in [0.717, 1.165) is 81.7 Å². The van der Waals surface area contributed by atoms with Gasteiger partial charge in [0.25, 0.3) is 0 Å². The molecule has 6 aliphatic rings. The summed E-state index contributed by atoms with van der Waals surface area (Å²) in [4.78, 5) is 21.8. The molecule has 0 amide bonds. The van der Waals surface area contributed by atoms with Gasteiger partial charge in [-0.3, -0.25) is 14.6 Å². The summed E-state index contributed by atoms with van der Waals surface area (Å²) < 4.78 is 10.9.